The average molecular weight is 227 g/mol. The van der Waals surface area contributed by atoms with E-state index in [9.17, 15) is 4.79 Å². The van der Waals surface area contributed by atoms with Crippen LogP contribution < -0.4 is 0 Å². The van der Waals surface area contributed by atoms with Crippen molar-refractivity contribution in [2.45, 2.75) is 59.2 Å². The number of carbonyl (C=O) groups is 1. The number of ether oxygens (including phenoxy) is 1. The van der Waals surface area contributed by atoms with Crippen LogP contribution in [0.25, 0.3) is 0 Å². The molecule has 4 heteroatoms. The Labute approximate surface area is 97.0 Å². The van der Waals surface area contributed by atoms with E-state index in [1.54, 1.807) is 0 Å². The lowest BCUT2D eigenvalue weighted by molar-refractivity contribution is -0.173. The summed E-state index contributed by atoms with van der Waals surface area (Å²) in [6.45, 7) is 9.67. The van der Waals surface area contributed by atoms with Gasteiger partial charge in [-0.1, -0.05) is 25.9 Å². The third kappa shape index (κ3) is 2.54. The van der Waals surface area contributed by atoms with E-state index in [0.29, 0.717) is 18.8 Å². The molecule has 0 spiro atoms. The number of carbonyl (C=O) groups excluding carboxylic acids is 1. The van der Waals surface area contributed by atoms with E-state index in [1.807, 2.05) is 34.6 Å². The fourth-order valence-electron chi connectivity index (χ4n) is 1.58. The van der Waals surface area contributed by atoms with Gasteiger partial charge in [0, 0.05) is 6.42 Å². The van der Waals surface area contributed by atoms with Crippen LogP contribution in [-0.4, -0.2) is 23.4 Å². The van der Waals surface area contributed by atoms with E-state index in [2.05, 4.69) is 5.16 Å². The highest BCUT2D eigenvalue weighted by Crippen LogP contribution is 2.31. The topological polar surface area (TPSA) is 47.9 Å². The average Bonchev–Trinajstić information content (AvgIpc) is 2.62. The molecule has 0 fully saturated rings. The summed E-state index contributed by atoms with van der Waals surface area (Å²) in [6.07, 6.45) is 1.01. The lowest BCUT2D eigenvalue weighted by atomic mass is 9.90. The van der Waals surface area contributed by atoms with Crippen molar-refractivity contribution in [3.05, 3.63) is 0 Å². The summed E-state index contributed by atoms with van der Waals surface area (Å²) in [5.74, 6) is 0.00433. The molecular weight excluding hydrogens is 206 g/mol. The van der Waals surface area contributed by atoms with Crippen molar-refractivity contribution in [2.24, 2.45) is 11.1 Å². The van der Waals surface area contributed by atoms with Gasteiger partial charge in [-0.05, 0) is 26.2 Å². The van der Waals surface area contributed by atoms with Crippen molar-refractivity contribution in [1.82, 2.24) is 0 Å². The van der Waals surface area contributed by atoms with Crippen molar-refractivity contribution < 1.29 is 14.4 Å². The maximum Gasteiger partial charge on any atom is 0.354 e. The number of nitrogens with zero attached hydrogens (tertiary/aromatic N) is 1. The van der Waals surface area contributed by atoms with E-state index >= 15 is 0 Å². The second kappa shape index (κ2) is 4.85. The Morgan fingerprint density at radius 2 is 2.12 bits per heavy atom. The predicted molar refractivity (Wildman–Crippen MR) is 62.2 cm³/mol. The highest BCUT2D eigenvalue weighted by Gasteiger charge is 2.47. The first kappa shape index (κ1) is 13.0. The second-order valence-electron chi connectivity index (χ2n) is 4.81. The summed E-state index contributed by atoms with van der Waals surface area (Å²) in [4.78, 5) is 17.3. The van der Waals surface area contributed by atoms with Crippen molar-refractivity contribution >= 4 is 11.7 Å². The van der Waals surface area contributed by atoms with Crippen LogP contribution in [0.2, 0.25) is 0 Å². The van der Waals surface area contributed by atoms with Gasteiger partial charge in [0.2, 0.25) is 5.60 Å². The summed E-state index contributed by atoms with van der Waals surface area (Å²) in [5, 5.41) is 4.00. The first-order chi connectivity index (χ1) is 7.41. The fourth-order valence-corrected chi connectivity index (χ4v) is 1.58. The van der Waals surface area contributed by atoms with Gasteiger partial charge in [0.05, 0.1) is 11.8 Å². The molecular formula is C12H21NO3. The summed E-state index contributed by atoms with van der Waals surface area (Å²) >= 11 is 0. The maximum atomic E-state index is 12.0. The molecule has 0 saturated heterocycles. The van der Waals surface area contributed by atoms with Crippen LogP contribution in [0.4, 0.5) is 0 Å². The molecule has 0 aliphatic carbocycles. The molecule has 1 aliphatic rings. The molecule has 1 unspecified atom stereocenters. The maximum absolute atomic E-state index is 12.0. The number of hydrogen-bond donors (Lipinski definition) is 0. The third-order valence-corrected chi connectivity index (χ3v) is 2.76. The molecule has 0 aromatic carbocycles. The van der Waals surface area contributed by atoms with Gasteiger partial charge < -0.3 is 9.57 Å². The SMILES string of the molecule is CCC1(C(=O)OC(C)C)CC(C(C)C)=NO1. The molecule has 1 aliphatic heterocycles. The Balaban J connectivity index is 2.73. The van der Waals surface area contributed by atoms with E-state index < -0.39 is 5.60 Å². The van der Waals surface area contributed by atoms with Gasteiger partial charge in [0.25, 0.3) is 0 Å². The Kier molecular flexibility index (Phi) is 3.94. The molecule has 0 bridgehead atoms. The van der Waals surface area contributed by atoms with E-state index in [4.69, 9.17) is 9.57 Å². The quantitative estimate of drug-likeness (QED) is 0.693. The largest absolute Gasteiger partial charge is 0.460 e. The van der Waals surface area contributed by atoms with Crippen LogP contribution in [0.15, 0.2) is 5.16 Å². The second-order valence-corrected chi connectivity index (χ2v) is 4.81. The van der Waals surface area contributed by atoms with Gasteiger partial charge in [0.15, 0.2) is 0 Å². The normalized spacial score (nSPS) is 24.6. The molecule has 0 N–H and O–H groups in total. The Morgan fingerprint density at radius 3 is 2.50 bits per heavy atom. The van der Waals surface area contributed by atoms with Crippen LogP contribution >= 0.6 is 0 Å². The molecule has 1 heterocycles. The monoisotopic (exact) mass is 227 g/mol. The van der Waals surface area contributed by atoms with E-state index in [-0.39, 0.29) is 12.1 Å². The zero-order chi connectivity index (χ0) is 12.3. The number of hydrogen-bond acceptors (Lipinski definition) is 4. The summed E-state index contributed by atoms with van der Waals surface area (Å²) in [5.41, 5.74) is 0.0479. The zero-order valence-corrected chi connectivity index (χ0v) is 10.7. The molecule has 0 amide bonds. The van der Waals surface area contributed by atoms with Gasteiger partial charge >= 0.3 is 5.97 Å². The molecule has 16 heavy (non-hydrogen) atoms. The van der Waals surface area contributed by atoms with Crippen LogP contribution in [0, 0.1) is 5.92 Å². The lowest BCUT2D eigenvalue weighted by Gasteiger charge is -2.24. The minimum Gasteiger partial charge on any atom is -0.460 e. The van der Waals surface area contributed by atoms with E-state index in [0.717, 1.165) is 5.71 Å². The van der Waals surface area contributed by atoms with Crippen molar-refractivity contribution in [3.63, 3.8) is 0 Å². The first-order valence-corrected chi connectivity index (χ1v) is 5.87. The number of oxime groups is 1. The van der Waals surface area contributed by atoms with Gasteiger partial charge in [-0.2, -0.15) is 0 Å². The summed E-state index contributed by atoms with van der Waals surface area (Å²) in [7, 11) is 0. The molecule has 4 nitrogen and oxygen atoms in total. The van der Waals surface area contributed by atoms with Crippen molar-refractivity contribution in [2.75, 3.05) is 0 Å². The number of rotatable bonds is 4. The standard InChI is InChI=1S/C12H21NO3/c1-6-12(11(14)15-9(4)5)7-10(8(2)3)13-16-12/h8-9H,6-7H2,1-5H3. The molecule has 1 atom stereocenters. The summed E-state index contributed by atoms with van der Waals surface area (Å²) < 4.78 is 5.22. The first-order valence-electron chi connectivity index (χ1n) is 5.87. The Morgan fingerprint density at radius 1 is 1.50 bits per heavy atom. The summed E-state index contributed by atoms with van der Waals surface area (Å²) in [6, 6.07) is 0. The molecule has 1 rings (SSSR count). The van der Waals surface area contributed by atoms with Crippen LogP contribution in [0.5, 0.6) is 0 Å². The van der Waals surface area contributed by atoms with Crippen LogP contribution in [0.3, 0.4) is 0 Å². The molecule has 0 saturated carbocycles. The van der Waals surface area contributed by atoms with Crippen molar-refractivity contribution in [3.8, 4) is 0 Å². The van der Waals surface area contributed by atoms with Gasteiger partial charge in [0.1, 0.15) is 0 Å². The minimum atomic E-state index is -0.885. The van der Waals surface area contributed by atoms with Gasteiger partial charge in [-0.25, -0.2) is 4.79 Å². The third-order valence-electron chi connectivity index (χ3n) is 2.76. The lowest BCUT2D eigenvalue weighted by Crippen LogP contribution is -2.41. The van der Waals surface area contributed by atoms with Gasteiger partial charge in [-0.15, -0.1) is 0 Å². The minimum absolute atomic E-state index is 0.123. The highest BCUT2D eigenvalue weighted by atomic mass is 16.7. The predicted octanol–water partition coefficient (Wildman–Crippen LogP) is 2.52. The molecule has 0 radical (unpaired) electrons. The molecule has 0 aromatic heterocycles. The van der Waals surface area contributed by atoms with E-state index in [1.165, 1.54) is 0 Å². The Bertz CT molecular complexity index is 297. The number of esters is 1. The molecule has 92 valence electrons. The van der Waals surface area contributed by atoms with Crippen molar-refractivity contribution in [1.29, 1.82) is 0 Å². The van der Waals surface area contributed by atoms with Crippen LogP contribution in [0.1, 0.15) is 47.5 Å². The molecule has 0 aromatic rings. The van der Waals surface area contributed by atoms with Gasteiger partial charge in [-0.3, -0.25) is 0 Å². The highest BCUT2D eigenvalue weighted by molar-refractivity contribution is 5.94. The smallest absolute Gasteiger partial charge is 0.354 e. The van der Waals surface area contributed by atoms with Crippen LogP contribution in [-0.2, 0) is 14.4 Å². The fraction of sp³-hybridized carbons (Fsp3) is 0.833. The zero-order valence-electron chi connectivity index (χ0n) is 10.7. The Hall–Kier alpha value is -1.06.